The normalized spacial score (nSPS) is 16.9. The SMILES string of the molecule is CC(C)c1ccc(N2CCCCC2)cc1S. The summed E-state index contributed by atoms with van der Waals surface area (Å²) in [6.07, 6.45) is 4.04. The van der Waals surface area contributed by atoms with Crippen molar-refractivity contribution in [1.29, 1.82) is 0 Å². The van der Waals surface area contributed by atoms with Gasteiger partial charge < -0.3 is 4.90 Å². The molecule has 0 bridgehead atoms. The maximum Gasteiger partial charge on any atom is 0.0377 e. The summed E-state index contributed by atoms with van der Waals surface area (Å²) in [6, 6.07) is 6.71. The van der Waals surface area contributed by atoms with Crippen molar-refractivity contribution in [3.05, 3.63) is 23.8 Å². The molecular formula is C14H21NS. The largest absolute Gasteiger partial charge is 0.372 e. The highest BCUT2D eigenvalue weighted by Crippen LogP contribution is 2.28. The lowest BCUT2D eigenvalue weighted by Gasteiger charge is -2.29. The molecular weight excluding hydrogens is 214 g/mol. The minimum atomic E-state index is 0.558. The molecule has 0 spiro atoms. The summed E-state index contributed by atoms with van der Waals surface area (Å²) in [7, 11) is 0. The Morgan fingerprint density at radius 3 is 2.38 bits per heavy atom. The second kappa shape index (κ2) is 5.13. The van der Waals surface area contributed by atoms with E-state index >= 15 is 0 Å². The summed E-state index contributed by atoms with van der Waals surface area (Å²) >= 11 is 4.60. The number of piperidine rings is 1. The van der Waals surface area contributed by atoms with E-state index in [4.69, 9.17) is 0 Å². The fourth-order valence-corrected chi connectivity index (χ4v) is 2.83. The second-order valence-electron chi connectivity index (χ2n) is 4.95. The van der Waals surface area contributed by atoms with Gasteiger partial charge in [-0.2, -0.15) is 0 Å². The number of nitrogens with zero attached hydrogens (tertiary/aromatic N) is 1. The summed E-state index contributed by atoms with van der Waals surface area (Å²) in [4.78, 5) is 3.62. The molecule has 1 fully saturated rings. The lowest BCUT2D eigenvalue weighted by molar-refractivity contribution is 0.577. The molecule has 16 heavy (non-hydrogen) atoms. The highest BCUT2D eigenvalue weighted by atomic mass is 32.1. The monoisotopic (exact) mass is 235 g/mol. The van der Waals surface area contributed by atoms with Crippen LogP contribution < -0.4 is 4.90 Å². The van der Waals surface area contributed by atoms with Crippen LogP contribution in [0.3, 0.4) is 0 Å². The number of hydrogen-bond acceptors (Lipinski definition) is 2. The van der Waals surface area contributed by atoms with Crippen molar-refractivity contribution in [3.63, 3.8) is 0 Å². The van der Waals surface area contributed by atoms with Gasteiger partial charge in [0.15, 0.2) is 0 Å². The van der Waals surface area contributed by atoms with E-state index in [1.165, 1.54) is 43.6 Å². The van der Waals surface area contributed by atoms with E-state index in [2.05, 4.69) is 49.6 Å². The lowest BCUT2D eigenvalue weighted by atomic mass is 10.0. The quantitative estimate of drug-likeness (QED) is 0.756. The molecule has 2 rings (SSSR count). The zero-order chi connectivity index (χ0) is 11.5. The van der Waals surface area contributed by atoms with Crippen LogP contribution in [0.25, 0.3) is 0 Å². The molecule has 0 unspecified atom stereocenters. The molecule has 1 aromatic carbocycles. The Kier molecular flexibility index (Phi) is 3.80. The molecule has 0 amide bonds. The molecule has 0 aliphatic carbocycles. The second-order valence-corrected chi connectivity index (χ2v) is 5.43. The first kappa shape index (κ1) is 11.8. The van der Waals surface area contributed by atoms with Crippen molar-refractivity contribution < 1.29 is 0 Å². The fourth-order valence-electron chi connectivity index (χ4n) is 2.37. The van der Waals surface area contributed by atoms with Crippen molar-refractivity contribution in [1.82, 2.24) is 0 Å². The Balaban J connectivity index is 2.19. The van der Waals surface area contributed by atoms with Gasteiger partial charge in [-0.25, -0.2) is 0 Å². The third kappa shape index (κ3) is 2.54. The van der Waals surface area contributed by atoms with Gasteiger partial charge in [-0.3, -0.25) is 0 Å². The Morgan fingerprint density at radius 2 is 1.81 bits per heavy atom. The average Bonchev–Trinajstić information content (AvgIpc) is 2.29. The van der Waals surface area contributed by atoms with Gasteiger partial charge >= 0.3 is 0 Å². The number of benzene rings is 1. The Hall–Kier alpha value is -0.630. The maximum absolute atomic E-state index is 4.60. The van der Waals surface area contributed by atoms with Crippen molar-refractivity contribution in [2.45, 2.75) is 43.9 Å². The van der Waals surface area contributed by atoms with Crippen LogP contribution in [0.1, 0.15) is 44.6 Å². The predicted octanol–water partition coefficient (Wildman–Crippen LogP) is 4.09. The van der Waals surface area contributed by atoms with Gasteiger partial charge in [0.2, 0.25) is 0 Å². The van der Waals surface area contributed by atoms with Gasteiger partial charge in [0, 0.05) is 23.7 Å². The van der Waals surface area contributed by atoms with Crippen LogP contribution in [-0.2, 0) is 0 Å². The molecule has 1 aliphatic heterocycles. The number of rotatable bonds is 2. The summed E-state index contributed by atoms with van der Waals surface area (Å²) in [5, 5.41) is 0. The van der Waals surface area contributed by atoms with Crippen LogP contribution in [0.5, 0.6) is 0 Å². The molecule has 0 N–H and O–H groups in total. The minimum absolute atomic E-state index is 0.558. The highest BCUT2D eigenvalue weighted by Gasteiger charge is 2.12. The van der Waals surface area contributed by atoms with Crippen LogP contribution in [0.2, 0.25) is 0 Å². The highest BCUT2D eigenvalue weighted by molar-refractivity contribution is 7.80. The molecule has 1 nitrogen and oxygen atoms in total. The molecule has 0 atom stereocenters. The summed E-state index contributed by atoms with van der Waals surface area (Å²) < 4.78 is 0. The van der Waals surface area contributed by atoms with E-state index in [1.54, 1.807) is 0 Å². The molecule has 88 valence electrons. The maximum atomic E-state index is 4.60. The third-order valence-electron chi connectivity index (χ3n) is 3.36. The summed E-state index contributed by atoms with van der Waals surface area (Å²) in [6.45, 7) is 6.84. The topological polar surface area (TPSA) is 3.24 Å². The van der Waals surface area contributed by atoms with Crippen molar-refractivity contribution >= 4 is 18.3 Å². The molecule has 0 saturated carbocycles. The zero-order valence-corrected chi connectivity index (χ0v) is 11.1. The third-order valence-corrected chi connectivity index (χ3v) is 3.74. The predicted molar refractivity (Wildman–Crippen MR) is 73.8 cm³/mol. The summed E-state index contributed by atoms with van der Waals surface area (Å²) in [5.74, 6) is 0.558. The van der Waals surface area contributed by atoms with E-state index in [9.17, 15) is 0 Å². The van der Waals surface area contributed by atoms with Crippen LogP contribution in [0, 0.1) is 0 Å². The number of anilines is 1. The van der Waals surface area contributed by atoms with E-state index in [0.717, 1.165) is 4.90 Å². The molecule has 1 heterocycles. The first-order valence-electron chi connectivity index (χ1n) is 6.26. The van der Waals surface area contributed by atoms with Gasteiger partial charge in [-0.1, -0.05) is 19.9 Å². The van der Waals surface area contributed by atoms with Gasteiger partial charge in [-0.05, 0) is 42.9 Å². The van der Waals surface area contributed by atoms with E-state index in [-0.39, 0.29) is 0 Å². The average molecular weight is 235 g/mol. The Morgan fingerprint density at radius 1 is 1.12 bits per heavy atom. The number of hydrogen-bond donors (Lipinski definition) is 1. The zero-order valence-electron chi connectivity index (χ0n) is 10.2. The first-order valence-corrected chi connectivity index (χ1v) is 6.71. The molecule has 1 saturated heterocycles. The smallest absolute Gasteiger partial charge is 0.0377 e. The van der Waals surface area contributed by atoms with Gasteiger partial charge in [0.1, 0.15) is 0 Å². The van der Waals surface area contributed by atoms with Gasteiger partial charge in [0.05, 0.1) is 0 Å². The van der Waals surface area contributed by atoms with E-state index in [1.807, 2.05) is 0 Å². The summed E-state index contributed by atoms with van der Waals surface area (Å²) in [5.41, 5.74) is 2.69. The van der Waals surface area contributed by atoms with Gasteiger partial charge in [-0.15, -0.1) is 12.6 Å². The molecule has 2 heteroatoms. The van der Waals surface area contributed by atoms with Crippen LogP contribution in [-0.4, -0.2) is 13.1 Å². The van der Waals surface area contributed by atoms with Crippen molar-refractivity contribution in [3.8, 4) is 0 Å². The van der Waals surface area contributed by atoms with Gasteiger partial charge in [0.25, 0.3) is 0 Å². The van der Waals surface area contributed by atoms with Crippen molar-refractivity contribution in [2.75, 3.05) is 18.0 Å². The molecule has 1 aromatic rings. The number of thiol groups is 1. The van der Waals surface area contributed by atoms with E-state index < -0.39 is 0 Å². The van der Waals surface area contributed by atoms with Crippen LogP contribution in [0.15, 0.2) is 23.1 Å². The molecule has 0 radical (unpaired) electrons. The lowest BCUT2D eigenvalue weighted by Crippen LogP contribution is -2.29. The molecule has 0 aromatic heterocycles. The minimum Gasteiger partial charge on any atom is -0.372 e. The first-order chi connectivity index (χ1) is 7.68. The van der Waals surface area contributed by atoms with Crippen LogP contribution in [0.4, 0.5) is 5.69 Å². The van der Waals surface area contributed by atoms with Crippen molar-refractivity contribution in [2.24, 2.45) is 0 Å². The Bertz CT molecular complexity index is 354. The Labute approximate surface area is 104 Å². The fraction of sp³-hybridized carbons (Fsp3) is 0.571. The standard InChI is InChI=1S/C14H21NS/c1-11(2)13-7-6-12(10-14(13)16)15-8-4-3-5-9-15/h6-7,10-11,16H,3-5,8-9H2,1-2H3. The molecule has 1 aliphatic rings. The van der Waals surface area contributed by atoms with Crippen LogP contribution >= 0.6 is 12.6 Å². The van der Waals surface area contributed by atoms with E-state index in [0.29, 0.717) is 5.92 Å².